The van der Waals surface area contributed by atoms with Gasteiger partial charge in [-0.15, -0.1) is 0 Å². The monoisotopic (exact) mass is 234 g/mol. The van der Waals surface area contributed by atoms with Crippen molar-refractivity contribution in [1.82, 2.24) is 0 Å². The smallest absolute Gasteiger partial charge is 0.515 e. The third-order valence-corrected chi connectivity index (χ3v) is 1.78. The average molecular weight is 234 g/mol. The number of hydrogen-bond acceptors (Lipinski definition) is 2. The summed E-state index contributed by atoms with van der Waals surface area (Å²) in [5.41, 5.74) is 0.268. The van der Waals surface area contributed by atoms with Crippen LogP contribution < -0.4 is 4.74 Å². The van der Waals surface area contributed by atoms with Crippen LogP contribution in [-0.4, -0.2) is 13.5 Å². The molecule has 0 aliphatic heterocycles. The molecule has 0 aromatic heterocycles. The van der Waals surface area contributed by atoms with E-state index < -0.39 is 13.5 Å². The molecule has 80 valence electrons. The highest BCUT2D eigenvalue weighted by molar-refractivity contribution is 6.58. The number of rotatable bonds is 3. The van der Waals surface area contributed by atoms with Crippen molar-refractivity contribution in [3.05, 3.63) is 28.8 Å². The van der Waals surface area contributed by atoms with Gasteiger partial charge < -0.3 is 17.7 Å². The number of hydrogen-bond donors (Lipinski definition) is 0. The third-order valence-electron chi connectivity index (χ3n) is 1.49. The van der Waals surface area contributed by atoms with Gasteiger partial charge in [0.15, 0.2) is 0 Å². The summed E-state index contributed by atoms with van der Waals surface area (Å²) in [4.78, 5) is 0. The van der Waals surface area contributed by atoms with Crippen molar-refractivity contribution in [3.8, 4) is 11.8 Å². The largest absolute Gasteiger partial charge is 0.520 e. The van der Waals surface area contributed by atoms with Gasteiger partial charge in [0.2, 0.25) is 0 Å². The minimum atomic E-state index is -5.00. The minimum Gasteiger partial charge on any atom is -0.520 e. The normalized spacial score (nSPS) is 10.9. The fraction of sp³-hybridized carbons (Fsp3) is 0.125. The van der Waals surface area contributed by atoms with Crippen LogP contribution in [0.15, 0.2) is 18.2 Å². The summed E-state index contributed by atoms with van der Waals surface area (Å²) >= 11 is 5.60. The second-order valence-corrected chi connectivity index (χ2v) is 3.19. The molecular formula is C8H5BClF3NO-. The zero-order valence-electron chi connectivity index (χ0n) is 7.38. The van der Waals surface area contributed by atoms with Gasteiger partial charge in [-0.1, -0.05) is 11.6 Å². The molecule has 0 amide bonds. The van der Waals surface area contributed by atoms with Crippen LogP contribution in [0.4, 0.5) is 12.9 Å². The van der Waals surface area contributed by atoms with Crippen LogP contribution in [0, 0.1) is 11.3 Å². The molecule has 1 aromatic rings. The van der Waals surface area contributed by atoms with Crippen molar-refractivity contribution in [1.29, 1.82) is 5.26 Å². The van der Waals surface area contributed by atoms with Crippen LogP contribution in [0.5, 0.6) is 5.75 Å². The fourth-order valence-electron chi connectivity index (χ4n) is 0.872. The number of benzene rings is 1. The van der Waals surface area contributed by atoms with Gasteiger partial charge >= 0.3 is 6.98 Å². The Labute approximate surface area is 89.3 Å². The van der Waals surface area contributed by atoms with Crippen molar-refractivity contribution in [3.63, 3.8) is 0 Å². The van der Waals surface area contributed by atoms with Crippen LogP contribution in [-0.2, 0) is 0 Å². The first-order valence-corrected chi connectivity index (χ1v) is 4.33. The predicted molar refractivity (Wildman–Crippen MR) is 50.7 cm³/mol. The Morgan fingerprint density at radius 2 is 2.07 bits per heavy atom. The second-order valence-electron chi connectivity index (χ2n) is 2.78. The van der Waals surface area contributed by atoms with Gasteiger partial charge in [-0.2, -0.15) is 5.26 Å². The van der Waals surface area contributed by atoms with Crippen LogP contribution in [0.3, 0.4) is 0 Å². The van der Waals surface area contributed by atoms with Gasteiger partial charge in [0.25, 0.3) is 0 Å². The fourth-order valence-corrected chi connectivity index (χ4v) is 1.11. The van der Waals surface area contributed by atoms with E-state index in [2.05, 4.69) is 4.74 Å². The summed E-state index contributed by atoms with van der Waals surface area (Å²) in [5.74, 6) is -0.0742. The van der Waals surface area contributed by atoms with E-state index in [1.165, 1.54) is 18.2 Å². The van der Waals surface area contributed by atoms with Crippen molar-refractivity contribution in [2.75, 3.05) is 6.51 Å². The summed E-state index contributed by atoms with van der Waals surface area (Å²) in [6.07, 6.45) is 0. The first kappa shape index (κ1) is 11.7. The molecule has 0 aliphatic rings. The van der Waals surface area contributed by atoms with Gasteiger partial charge in [0.05, 0.1) is 23.2 Å². The molecule has 0 bridgehead atoms. The molecule has 0 heterocycles. The van der Waals surface area contributed by atoms with Gasteiger partial charge in [-0.25, -0.2) is 0 Å². The quantitative estimate of drug-likeness (QED) is 0.753. The molecule has 0 spiro atoms. The second kappa shape index (κ2) is 4.45. The highest BCUT2D eigenvalue weighted by Crippen LogP contribution is 2.26. The number of ether oxygens (including phenoxy) is 1. The molecule has 7 heteroatoms. The number of halogens is 4. The van der Waals surface area contributed by atoms with Crippen molar-refractivity contribution in [2.45, 2.75) is 0 Å². The van der Waals surface area contributed by atoms with E-state index >= 15 is 0 Å². The van der Waals surface area contributed by atoms with Crippen LogP contribution in [0.25, 0.3) is 0 Å². The summed E-state index contributed by atoms with van der Waals surface area (Å²) < 4.78 is 40.0. The lowest BCUT2D eigenvalue weighted by Gasteiger charge is -2.15. The van der Waals surface area contributed by atoms with E-state index in [1.807, 2.05) is 6.07 Å². The van der Waals surface area contributed by atoms with Crippen molar-refractivity contribution >= 4 is 18.6 Å². The number of nitriles is 1. The molecule has 1 aromatic carbocycles. The van der Waals surface area contributed by atoms with Gasteiger partial charge in [0, 0.05) is 0 Å². The van der Waals surface area contributed by atoms with Gasteiger partial charge in [-0.3, -0.25) is 0 Å². The Hall–Kier alpha value is -1.35. The summed E-state index contributed by atoms with van der Waals surface area (Å²) in [7, 11) is 0. The third kappa shape index (κ3) is 3.72. The molecule has 0 N–H and O–H groups in total. The number of nitrogens with zero attached hydrogens (tertiary/aromatic N) is 1. The summed E-state index contributed by atoms with van der Waals surface area (Å²) in [5, 5.41) is 8.48. The van der Waals surface area contributed by atoms with Crippen LogP contribution >= 0.6 is 11.6 Å². The molecular weight excluding hydrogens is 229 g/mol. The maximum atomic E-state index is 11.9. The summed E-state index contributed by atoms with van der Waals surface area (Å²) in [6.45, 7) is -6.34. The molecule has 0 saturated carbocycles. The lowest BCUT2D eigenvalue weighted by molar-refractivity contribution is 0.313. The Balaban J connectivity index is 2.76. The van der Waals surface area contributed by atoms with E-state index in [0.29, 0.717) is 0 Å². The maximum Gasteiger partial charge on any atom is 0.515 e. The first-order valence-electron chi connectivity index (χ1n) is 3.96. The van der Waals surface area contributed by atoms with Gasteiger partial charge in [-0.05, 0) is 18.2 Å². The zero-order chi connectivity index (χ0) is 11.5. The lowest BCUT2D eigenvalue weighted by Crippen LogP contribution is -2.26. The predicted octanol–water partition coefficient (Wildman–Crippen LogP) is 2.98. The Morgan fingerprint density at radius 3 is 2.53 bits per heavy atom. The Kier molecular flexibility index (Phi) is 3.48. The molecule has 0 atom stereocenters. The van der Waals surface area contributed by atoms with E-state index in [9.17, 15) is 12.9 Å². The standard InChI is InChI=1S/C8H5BClF3NO/c10-7-3-6(4-14)1-2-8(7)15-5-9(11,12)13/h1-3H,5H2/q-1. The topological polar surface area (TPSA) is 33.0 Å². The molecule has 1 rings (SSSR count). The van der Waals surface area contributed by atoms with Crippen LogP contribution in [0.1, 0.15) is 5.56 Å². The molecule has 0 unspecified atom stereocenters. The molecule has 15 heavy (non-hydrogen) atoms. The summed E-state index contributed by atoms with van der Waals surface area (Å²) in [6, 6.07) is 5.64. The van der Waals surface area contributed by atoms with E-state index in [-0.39, 0.29) is 16.3 Å². The van der Waals surface area contributed by atoms with E-state index in [4.69, 9.17) is 16.9 Å². The molecule has 0 fully saturated rings. The first-order chi connectivity index (χ1) is 6.92. The van der Waals surface area contributed by atoms with Crippen LogP contribution in [0.2, 0.25) is 5.02 Å². The zero-order valence-corrected chi connectivity index (χ0v) is 8.14. The highest BCUT2D eigenvalue weighted by atomic mass is 35.5. The lowest BCUT2D eigenvalue weighted by atomic mass is 9.95. The van der Waals surface area contributed by atoms with Gasteiger partial charge in [0.1, 0.15) is 5.75 Å². The van der Waals surface area contributed by atoms with E-state index in [0.717, 1.165) is 0 Å². The molecule has 2 nitrogen and oxygen atoms in total. The SMILES string of the molecule is N#Cc1ccc(OC[B-](F)(F)F)c(Cl)c1. The Morgan fingerprint density at radius 1 is 1.40 bits per heavy atom. The van der Waals surface area contributed by atoms with Crippen molar-refractivity contribution < 1.29 is 17.7 Å². The highest BCUT2D eigenvalue weighted by Gasteiger charge is 2.24. The minimum absolute atomic E-state index is 0.00546. The average Bonchev–Trinajstić information content (AvgIpc) is 2.14. The molecule has 0 aliphatic carbocycles. The maximum absolute atomic E-state index is 11.9. The van der Waals surface area contributed by atoms with Crippen molar-refractivity contribution in [2.24, 2.45) is 0 Å². The van der Waals surface area contributed by atoms with E-state index in [1.54, 1.807) is 0 Å². The molecule has 0 saturated heterocycles. The Bertz CT molecular complexity index is 402. The molecule has 0 radical (unpaired) electrons.